The van der Waals surface area contributed by atoms with Crippen LogP contribution in [0.2, 0.25) is 0 Å². The van der Waals surface area contributed by atoms with Crippen molar-refractivity contribution in [2.45, 2.75) is 277 Å². The Morgan fingerprint density at radius 1 is 0.344 bits per heavy atom. The zero-order valence-corrected chi connectivity index (χ0v) is 59.2. The van der Waals surface area contributed by atoms with Crippen LogP contribution in [0.5, 0.6) is 0 Å². The number of rotatable bonds is 51. The first-order valence-electron chi connectivity index (χ1n) is 36.0. The van der Waals surface area contributed by atoms with E-state index in [0.717, 1.165) is 71.5 Å². The average molecular weight is 1340 g/mol. The van der Waals surface area contributed by atoms with Crippen molar-refractivity contribution in [3.63, 3.8) is 0 Å². The minimum Gasteiger partial charge on any atom is -0.361 e. The molecule has 0 unspecified atom stereocenters. The van der Waals surface area contributed by atoms with Gasteiger partial charge in [-0.1, -0.05) is 97.2 Å². The van der Waals surface area contributed by atoms with Crippen molar-refractivity contribution in [3.05, 3.63) is 72.1 Å². The van der Waals surface area contributed by atoms with Gasteiger partial charge in [0.2, 0.25) is 47.3 Å². The molecule has 0 fully saturated rings. The lowest BCUT2D eigenvalue weighted by atomic mass is 9.97. The van der Waals surface area contributed by atoms with Gasteiger partial charge in [-0.15, -0.1) is 0 Å². The summed E-state index contributed by atoms with van der Waals surface area (Å²) >= 11 is 0. The Kier molecular flexibility index (Phi) is 38.4. The van der Waals surface area contributed by atoms with Gasteiger partial charge in [0.1, 0.15) is 5.78 Å². The first-order chi connectivity index (χ1) is 46.0. The van der Waals surface area contributed by atoms with Gasteiger partial charge in [0.25, 0.3) is 0 Å². The fourth-order valence-electron chi connectivity index (χ4n) is 12.5. The van der Waals surface area contributed by atoms with Crippen molar-refractivity contribution in [1.82, 2.24) is 52.5 Å². The second kappa shape index (κ2) is 45.4. The number of aromatic amines is 2. The Labute approximate surface area is 571 Å². The lowest BCUT2D eigenvalue weighted by Crippen LogP contribution is -2.43. The summed E-state index contributed by atoms with van der Waals surface area (Å²) in [5.74, 6) is -0.939. The smallest absolute Gasteiger partial charge is 0.220 e. The zero-order chi connectivity index (χ0) is 70.4. The predicted molar refractivity (Wildman–Crippen MR) is 383 cm³/mol. The summed E-state index contributed by atoms with van der Waals surface area (Å²) in [5, 5.41) is 27.3. The molecule has 536 valence electrons. The van der Waals surface area contributed by atoms with Crippen LogP contribution in [0.3, 0.4) is 0 Å². The molecule has 4 rings (SSSR count). The summed E-state index contributed by atoms with van der Waals surface area (Å²) in [6.07, 6.45) is 16.4. The maximum atomic E-state index is 14.0. The molecular weight excluding hydrogens is 1210 g/mol. The molecule has 2 aromatic heterocycles. The molecule has 0 saturated carbocycles. The van der Waals surface area contributed by atoms with Crippen LogP contribution in [0.4, 0.5) is 0 Å². The Morgan fingerprint density at radius 2 is 0.625 bits per heavy atom. The van der Waals surface area contributed by atoms with Gasteiger partial charge in [0, 0.05) is 141 Å². The van der Waals surface area contributed by atoms with E-state index >= 15 is 0 Å². The molecule has 0 aliphatic heterocycles. The minimum atomic E-state index is -0.398. The Balaban J connectivity index is 1.37. The molecule has 22 heteroatoms. The fraction of sp³-hybridized carbons (Fsp3) is 0.662. The standard InChI is InChI=1S/C74H121N13O9/c1-49(2)63(80-53(8)89)33-40-71(93)82-56(19-13-16-42-75)27-36-70(92)85-60(46-55-48-79-67-25-12-10-23-62(55)67)31-39-74(96)87-65(51(5)6)34-41-72(94)83-57(20-14-17-43-76)28-35-69(91)84-59(45-54-47-78-66-24-11-9-22-61(54)66)30-38-68(90)81-58(21-15-18-44-77)29-37-73(95)86-64(50(3)4)32-26-52(7)88/h9-12,22-25,47-51,56-60,63-65,78-79H,13-21,26-46,75-77H2,1-8H3,(H,80,89)(H,81,90)(H,82,93)(H,83,94)(H,84,91)(H,85,92)(H,86,95)(H,87,96)/t56-,57-,58-,59+,60+,63+,64+,65+/m0/s1. The van der Waals surface area contributed by atoms with Gasteiger partial charge in [-0.3, -0.25) is 38.4 Å². The number of nitrogens with two attached hydrogens (primary N) is 3. The predicted octanol–water partition coefficient (Wildman–Crippen LogP) is 8.52. The molecule has 0 aliphatic carbocycles. The number of nitrogens with one attached hydrogen (secondary N) is 10. The molecular formula is C74H121N13O9. The van der Waals surface area contributed by atoms with Gasteiger partial charge in [-0.2, -0.15) is 0 Å². The third-order valence-electron chi connectivity index (χ3n) is 18.4. The summed E-state index contributed by atoms with van der Waals surface area (Å²) in [4.78, 5) is 126. The molecule has 0 spiro atoms. The van der Waals surface area contributed by atoms with Gasteiger partial charge >= 0.3 is 0 Å². The number of aromatic nitrogens is 2. The van der Waals surface area contributed by atoms with Crippen LogP contribution in [0, 0.1) is 17.8 Å². The van der Waals surface area contributed by atoms with Crippen molar-refractivity contribution >= 4 is 74.8 Å². The summed E-state index contributed by atoms with van der Waals surface area (Å²) < 4.78 is 0. The molecule has 0 radical (unpaired) electrons. The monoisotopic (exact) mass is 1340 g/mol. The largest absolute Gasteiger partial charge is 0.361 e. The first kappa shape index (κ1) is 81.3. The van der Waals surface area contributed by atoms with Crippen molar-refractivity contribution in [1.29, 1.82) is 0 Å². The first-order valence-corrected chi connectivity index (χ1v) is 36.0. The fourth-order valence-corrected chi connectivity index (χ4v) is 12.5. The number of unbranched alkanes of at least 4 members (excludes halogenated alkanes) is 3. The number of amides is 8. The van der Waals surface area contributed by atoms with Gasteiger partial charge < -0.3 is 74.5 Å². The second-order valence-corrected chi connectivity index (χ2v) is 27.7. The molecule has 0 aliphatic rings. The number of fused-ring (bicyclic) bond motifs is 2. The highest BCUT2D eigenvalue weighted by atomic mass is 16.2. The molecule has 4 aromatic rings. The van der Waals surface area contributed by atoms with E-state index in [9.17, 15) is 43.2 Å². The third kappa shape index (κ3) is 32.7. The molecule has 8 atom stereocenters. The minimum absolute atomic E-state index is 0.00246. The van der Waals surface area contributed by atoms with E-state index in [4.69, 9.17) is 17.2 Å². The summed E-state index contributed by atoms with van der Waals surface area (Å²) in [5.41, 5.74) is 21.5. The summed E-state index contributed by atoms with van der Waals surface area (Å²) in [6, 6.07) is 13.7. The van der Waals surface area contributed by atoms with E-state index in [1.54, 1.807) is 6.92 Å². The third-order valence-corrected chi connectivity index (χ3v) is 18.4. The van der Waals surface area contributed by atoms with Crippen LogP contribution < -0.4 is 59.7 Å². The number of Topliss-reactive ketones (excluding diaryl/α,β-unsaturated/α-hetero) is 1. The molecule has 22 nitrogen and oxygen atoms in total. The molecule has 2 heterocycles. The molecule has 96 heavy (non-hydrogen) atoms. The van der Waals surface area contributed by atoms with Crippen molar-refractivity contribution < 1.29 is 43.2 Å². The number of H-pyrrole nitrogens is 2. The van der Waals surface area contributed by atoms with Gasteiger partial charge in [-0.05, 0) is 170 Å². The molecule has 16 N–H and O–H groups in total. The van der Waals surface area contributed by atoms with E-state index in [0.29, 0.717) is 110 Å². The van der Waals surface area contributed by atoms with Gasteiger partial charge in [0.05, 0.1) is 0 Å². The highest BCUT2D eigenvalue weighted by Gasteiger charge is 2.26. The van der Waals surface area contributed by atoms with Crippen LogP contribution in [-0.4, -0.2) is 131 Å². The number of carbonyl (C=O) groups excluding carboxylic acids is 9. The number of hydrogen-bond donors (Lipinski definition) is 13. The maximum Gasteiger partial charge on any atom is 0.220 e. The van der Waals surface area contributed by atoms with E-state index in [2.05, 4.69) is 52.5 Å². The second-order valence-electron chi connectivity index (χ2n) is 27.7. The normalized spacial score (nSPS) is 14.1. The van der Waals surface area contributed by atoms with Gasteiger partial charge in [0.15, 0.2) is 0 Å². The lowest BCUT2D eigenvalue weighted by Gasteiger charge is -2.25. The Morgan fingerprint density at radius 3 is 0.938 bits per heavy atom. The number of carbonyl (C=O) groups is 9. The number of hydrogen-bond acceptors (Lipinski definition) is 12. The number of para-hydroxylation sites is 2. The van der Waals surface area contributed by atoms with Crippen LogP contribution in [0.1, 0.15) is 227 Å². The van der Waals surface area contributed by atoms with Gasteiger partial charge in [-0.25, -0.2) is 0 Å². The topological polar surface area (TPSA) is 360 Å². The van der Waals surface area contributed by atoms with Crippen LogP contribution >= 0.6 is 0 Å². The van der Waals surface area contributed by atoms with Crippen molar-refractivity contribution in [3.8, 4) is 0 Å². The quantitative estimate of drug-likeness (QED) is 0.0185. The van der Waals surface area contributed by atoms with Crippen LogP contribution in [0.25, 0.3) is 21.8 Å². The molecule has 8 amide bonds. The van der Waals surface area contributed by atoms with Crippen molar-refractivity contribution in [2.75, 3.05) is 19.6 Å². The van der Waals surface area contributed by atoms with E-state index < -0.39 is 12.1 Å². The summed E-state index contributed by atoms with van der Waals surface area (Å²) in [6.45, 7) is 16.6. The number of benzene rings is 2. The SMILES string of the molecule is CC(=O)CC[C@@H](NC(=O)CC[C@H](CCCCN)NC(=O)CC[C@H](Cc1c[nH]c2ccccc12)NC(=O)CC[C@H](CCCCN)NC(=O)CC[C@@H](NC(=O)CC[C@H](Cc1c[nH]c2ccccc12)NC(=O)CC[C@H](CCCCN)NC(=O)CC[C@@H](NC(C)=O)C(C)C)C(C)C)C(C)C. The zero-order valence-electron chi connectivity index (χ0n) is 59.2. The van der Waals surface area contributed by atoms with E-state index in [1.807, 2.05) is 102 Å². The average Bonchev–Trinajstić information content (AvgIpc) is 1.69. The Hall–Kier alpha value is -7.17. The highest BCUT2D eigenvalue weighted by molar-refractivity contribution is 5.85. The summed E-state index contributed by atoms with van der Waals surface area (Å²) in [7, 11) is 0. The molecule has 0 bridgehead atoms. The van der Waals surface area contributed by atoms with E-state index in [-0.39, 0.29) is 152 Å². The Bertz CT molecular complexity index is 3000. The maximum absolute atomic E-state index is 14.0. The van der Waals surface area contributed by atoms with Crippen LogP contribution in [0.15, 0.2) is 60.9 Å². The van der Waals surface area contributed by atoms with Crippen molar-refractivity contribution in [2.24, 2.45) is 35.0 Å². The number of ketones is 1. The van der Waals surface area contributed by atoms with E-state index in [1.165, 1.54) is 6.92 Å². The molecule has 2 aromatic carbocycles. The lowest BCUT2D eigenvalue weighted by molar-refractivity contribution is -0.125. The van der Waals surface area contributed by atoms with Crippen LogP contribution in [-0.2, 0) is 56.0 Å². The highest BCUT2D eigenvalue weighted by Crippen LogP contribution is 2.24. The molecule has 0 saturated heterocycles.